The summed E-state index contributed by atoms with van der Waals surface area (Å²) in [6, 6.07) is 9.93. The molecule has 28 nitrogen and oxygen atoms in total. The minimum absolute atomic E-state index is 0. The van der Waals surface area contributed by atoms with Crippen LogP contribution >= 0.6 is 0 Å². The molecule has 5 amide bonds. The van der Waals surface area contributed by atoms with Crippen molar-refractivity contribution in [2.75, 3.05) is 114 Å². The standard InChI is InChI=1S/C26H36N8O2.C25H35N7O3.C22H31N7O.CH4.2V/c1-19-17-22(13-15-28-19)31-26-30-18-21(24(27-3)32-26)11-8-7-9-14-29-25(36)20(2)34(6)23(35)12-10-16-33(4)5;1-17-15-20(12-14-27-17)30-23-29-16-19(21(26-6)31-23)11-9-8-10-13-28-22(33)18(2)32(7)24(34)35-25(3,4)5;1-5-11-25-20-18(9-7-6-8-12-26-21(30)17(3)23-4)15-27-22(29-20)28-19-10-13-24-16(2)14-19;;;/h10,12-13,15,17-18,20H,7,9,14,16H2,1-6H3,(H,29,36)(H2,27,28,30,31,32);12,14-16,18H,8,10,13H2,1-7H3,(H,28,33)(H2,26,27,29,30,31);10,13-15,17,23H,5-6,8,11-12H2,1-4H3,(H,26,30)(H2,24,25,27,28,29);1H4;;/b12-10+;;;;;/t20-;18-;17-;;;/m000.../s1. The molecule has 6 rings (SSSR count). The quantitative estimate of drug-likeness (QED) is 0.0119. The molecule has 3 atom stereocenters. The molecule has 30 heteroatoms. The Bertz CT molecular complexity index is 3900. The maximum Gasteiger partial charge on any atom is 0.410 e. The van der Waals surface area contributed by atoms with Crippen LogP contribution in [0.5, 0.6) is 0 Å². The molecule has 0 fully saturated rings. The zero-order valence-electron chi connectivity index (χ0n) is 62.5. The van der Waals surface area contributed by atoms with E-state index >= 15 is 0 Å². The topological polar surface area (TPSA) is 341 Å². The van der Waals surface area contributed by atoms with E-state index in [-0.39, 0.29) is 74.2 Å². The van der Waals surface area contributed by atoms with Gasteiger partial charge in [-0.3, -0.25) is 39.0 Å². The number of unbranched alkanes of at least 4 members (excludes halogenated alkanes) is 3. The summed E-state index contributed by atoms with van der Waals surface area (Å²) in [6.45, 7) is 21.4. The van der Waals surface area contributed by atoms with Crippen molar-refractivity contribution in [1.82, 2.24) is 80.8 Å². The molecule has 0 saturated carbocycles. The SMILES string of the molecule is C.CCCNc1nc(Nc2ccnc(C)c2)ncc1C#CCCCNC(=O)[C@H](C)NC.CNc1nc(Nc2ccnc(C)c2)ncc1C#CCCCNC(=O)[C@H](C)N(C)C(=O)/C=C/CN(C)C.CNc1nc(Nc2ccnc(C)c2)ncc1C#CCCCNC(=O)[C@H](C)N(C)C(=O)OC(C)(C)C.[V].[V]. The Morgan fingerprint density at radius 3 is 1.28 bits per heavy atom. The Labute approximate surface area is 639 Å². The molecular formula is C74H106N22O6V2. The number of anilines is 9. The monoisotopic (exact) mass is 1500 g/mol. The summed E-state index contributed by atoms with van der Waals surface area (Å²) in [5.41, 5.74) is 6.82. The molecule has 2 radical (unpaired) electrons. The minimum Gasteiger partial charge on any atom is -0.444 e. The van der Waals surface area contributed by atoms with Crippen molar-refractivity contribution in [3.63, 3.8) is 0 Å². The maximum absolute atomic E-state index is 12.4. The summed E-state index contributed by atoms with van der Waals surface area (Å²) in [5.74, 6) is 21.4. The second-order valence-corrected chi connectivity index (χ2v) is 24.4. The average Bonchev–Trinajstić information content (AvgIpc) is 0.869. The number of hydrogen-bond acceptors (Lipinski definition) is 23. The summed E-state index contributed by atoms with van der Waals surface area (Å²) in [4.78, 5) is 105. The van der Waals surface area contributed by atoms with Crippen molar-refractivity contribution in [2.24, 2.45) is 0 Å². The number of carbonyl (C=O) groups is 5. The van der Waals surface area contributed by atoms with Gasteiger partial charge in [-0.1, -0.05) is 55.9 Å². The van der Waals surface area contributed by atoms with Crippen LogP contribution in [0.15, 0.2) is 85.7 Å². The molecule has 104 heavy (non-hydrogen) atoms. The first kappa shape index (κ1) is 92.2. The number of likely N-dealkylation sites (N-methyl/N-ethyl adjacent to an activating group) is 4. The molecule has 0 aliphatic heterocycles. The van der Waals surface area contributed by atoms with Crippen molar-refractivity contribution in [2.45, 2.75) is 145 Å². The van der Waals surface area contributed by atoms with Crippen molar-refractivity contribution in [3.05, 3.63) is 120 Å². The molecule has 0 unspecified atom stereocenters. The Hall–Kier alpha value is -9.85. The predicted octanol–water partition coefficient (Wildman–Crippen LogP) is 8.88. The summed E-state index contributed by atoms with van der Waals surface area (Å²) in [5, 5.41) is 30.4. The number of pyridine rings is 3. The molecule has 0 aliphatic carbocycles. The molecule has 6 heterocycles. The number of aryl methyl sites for hydroxylation is 3. The number of ether oxygens (including phenoxy) is 1. The van der Waals surface area contributed by atoms with Crippen LogP contribution in [0.4, 0.5) is 57.2 Å². The van der Waals surface area contributed by atoms with Gasteiger partial charge in [0.25, 0.3) is 0 Å². The van der Waals surface area contributed by atoms with Gasteiger partial charge in [0.05, 0.1) is 41.3 Å². The summed E-state index contributed by atoms with van der Waals surface area (Å²) < 4.78 is 5.30. The van der Waals surface area contributed by atoms with Gasteiger partial charge in [0.2, 0.25) is 41.5 Å². The van der Waals surface area contributed by atoms with Gasteiger partial charge in [0.15, 0.2) is 0 Å². The van der Waals surface area contributed by atoms with Gasteiger partial charge < -0.3 is 67.7 Å². The van der Waals surface area contributed by atoms with E-state index in [1.807, 2.05) is 83.1 Å². The van der Waals surface area contributed by atoms with Crippen LogP contribution in [0.3, 0.4) is 0 Å². The largest absolute Gasteiger partial charge is 0.444 e. The molecule has 0 aromatic carbocycles. The summed E-state index contributed by atoms with van der Waals surface area (Å²) >= 11 is 0. The first-order valence-corrected chi connectivity index (χ1v) is 33.5. The number of nitrogens with zero attached hydrogens (tertiary/aromatic N) is 12. The van der Waals surface area contributed by atoms with Gasteiger partial charge in [-0.2, -0.15) is 15.0 Å². The maximum atomic E-state index is 12.4. The molecule has 10 N–H and O–H groups in total. The van der Waals surface area contributed by atoms with E-state index in [1.165, 1.54) is 15.9 Å². The smallest absolute Gasteiger partial charge is 0.410 e. The van der Waals surface area contributed by atoms with E-state index < -0.39 is 23.8 Å². The minimum atomic E-state index is -0.644. The second-order valence-electron chi connectivity index (χ2n) is 24.4. The van der Waals surface area contributed by atoms with E-state index in [9.17, 15) is 24.0 Å². The summed E-state index contributed by atoms with van der Waals surface area (Å²) in [6.07, 6.45) is 18.0. The fourth-order valence-electron chi connectivity index (χ4n) is 8.35. The molecule has 0 bridgehead atoms. The third-order valence-electron chi connectivity index (χ3n) is 14.4. The Morgan fingerprint density at radius 2 is 0.923 bits per heavy atom. The molecule has 558 valence electrons. The number of carbonyl (C=O) groups excluding carboxylic acids is 5. The van der Waals surface area contributed by atoms with Gasteiger partial charge in [0.1, 0.15) is 35.1 Å². The number of rotatable bonds is 29. The second kappa shape index (κ2) is 49.7. The number of hydrogen-bond donors (Lipinski definition) is 10. The van der Waals surface area contributed by atoms with Gasteiger partial charge in [-0.05, 0) is 146 Å². The average molecular weight is 1500 g/mol. The zero-order chi connectivity index (χ0) is 74.3. The Balaban J connectivity index is 0.000000772. The fourth-order valence-corrected chi connectivity index (χ4v) is 8.35. The van der Waals surface area contributed by atoms with Crippen LogP contribution < -0.4 is 53.2 Å². The molecule has 0 saturated heterocycles. The third-order valence-corrected chi connectivity index (χ3v) is 14.4. The molecule has 6 aromatic heterocycles. The number of amides is 5. The van der Waals surface area contributed by atoms with Gasteiger partial charge in [0, 0.05) is 176 Å². The van der Waals surface area contributed by atoms with Gasteiger partial charge in [-0.15, -0.1) is 0 Å². The van der Waals surface area contributed by atoms with E-state index in [2.05, 4.69) is 140 Å². The van der Waals surface area contributed by atoms with E-state index in [4.69, 9.17) is 4.74 Å². The van der Waals surface area contributed by atoms with Gasteiger partial charge in [-0.25, -0.2) is 19.7 Å². The van der Waals surface area contributed by atoms with Crippen molar-refractivity contribution >= 4 is 82.1 Å². The Kier molecular flexibility index (Phi) is 44.0. The number of nitrogens with one attached hydrogen (secondary N) is 10. The fraction of sp³-hybridized carbons (Fsp3) is 0.459. The summed E-state index contributed by atoms with van der Waals surface area (Å²) in [7, 11) is 12.3. The predicted molar refractivity (Wildman–Crippen MR) is 407 cm³/mol. The van der Waals surface area contributed by atoms with Crippen molar-refractivity contribution in [3.8, 4) is 35.5 Å². The van der Waals surface area contributed by atoms with Crippen LogP contribution in [0.25, 0.3) is 0 Å². The normalized spacial score (nSPS) is 11.1. The van der Waals surface area contributed by atoms with Crippen molar-refractivity contribution < 1.29 is 65.8 Å². The molecular weight excluding hydrogens is 1390 g/mol. The first-order chi connectivity index (χ1) is 48.2. The van der Waals surface area contributed by atoms with E-state index in [0.29, 0.717) is 105 Å². The van der Waals surface area contributed by atoms with Crippen LogP contribution in [0.1, 0.15) is 135 Å². The number of aromatic nitrogens is 9. The van der Waals surface area contributed by atoms with Crippen molar-refractivity contribution in [1.29, 1.82) is 0 Å². The van der Waals surface area contributed by atoms with E-state index in [0.717, 1.165) is 59.1 Å². The van der Waals surface area contributed by atoms with E-state index in [1.54, 1.807) is 113 Å². The van der Waals surface area contributed by atoms with Gasteiger partial charge >= 0.3 is 6.09 Å². The molecule has 0 aliphatic rings. The zero-order valence-corrected chi connectivity index (χ0v) is 65.3. The third kappa shape index (κ3) is 35.4. The molecule has 0 spiro atoms. The molecule has 6 aromatic rings. The van der Waals surface area contributed by atoms with Crippen LogP contribution in [0.2, 0.25) is 0 Å². The Morgan fingerprint density at radius 1 is 0.548 bits per heavy atom. The van der Waals surface area contributed by atoms with Crippen LogP contribution in [-0.4, -0.2) is 195 Å². The van der Waals surface area contributed by atoms with Crippen LogP contribution in [-0.2, 0) is 61.0 Å². The first-order valence-electron chi connectivity index (χ1n) is 33.5. The van der Waals surface area contributed by atoms with Crippen LogP contribution in [0, 0.1) is 56.3 Å².